The van der Waals surface area contributed by atoms with Gasteiger partial charge in [0.05, 0.1) is 10.6 Å². The SMILES string of the molecule is O=C(O)COc1ccc(CCNC(=O)c2ccccc2Cl)cc1. The molecule has 0 aromatic heterocycles. The molecular weight excluding hydrogens is 318 g/mol. The van der Waals surface area contributed by atoms with Gasteiger partial charge in [-0.3, -0.25) is 4.79 Å². The van der Waals surface area contributed by atoms with E-state index in [2.05, 4.69) is 5.32 Å². The van der Waals surface area contributed by atoms with Gasteiger partial charge in [0, 0.05) is 6.54 Å². The molecule has 0 saturated carbocycles. The summed E-state index contributed by atoms with van der Waals surface area (Å²) in [6.07, 6.45) is 0.648. The second-order valence-electron chi connectivity index (χ2n) is 4.81. The summed E-state index contributed by atoms with van der Waals surface area (Å²) in [5, 5.41) is 11.8. The molecule has 0 bridgehead atoms. The Labute approximate surface area is 138 Å². The third-order valence-corrected chi connectivity index (χ3v) is 3.43. The van der Waals surface area contributed by atoms with E-state index < -0.39 is 5.97 Å². The normalized spacial score (nSPS) is 10.1. The third kappa shape index (κ3) is 5.30. The molecule has 1 amide bonds. The van der Waals surface area contributed by atoms with Crippen LogP contribution in [0, 0.1) is 0 Å². The maximum Gasteiger partial charge on any atom is 0.341 e. The van der Waals surface area contributed by atoms with Crippen LogP contribution in [0.2, 0.25) is 5.02 Å². The van der Waals surface area contributed by atoms with Crippen molar-refractivity contribution in [3.63, 3.8) is 0 Å². The Hall–Kier alpha value is -2.53. The average molecular weight is 334 g/mol. The summed E-state index contributed by atoms with van der Waals surface area (Å²) in [6, 6.07) is 13.9. The topological polar surface area (TPSA) is 75.6 Å². The van der Waals surface area contributed by atoms with E-state index in [0.717, 1.165) is 5.56 Å². The molecule has 5 nitrogen and oxygen atoms in total. The zero-order valence-electron chi connectivity index (χ0n) is 12.3. The smallest absolute Gasteiger partial charge is 0.341 e. The van der Waals surface area contributed by atoms with Crippen LogP contribution in [-0.2, 0) is 11.2 Å². The zero-order valence-corrected chi connectivity index (χ0v) is 13.0. The van der Waals surface area contributed by atoms with Crippen LogP contribution in [0.15, 0.2) is 48.5 Å². The van der Waals surface area contributed by atoms with E-state index in [1.807, 2.05) is 12.1 Å². The second-order valence-corrected chi connectivity index (χ2v) is 5.22. The predicted octanol–water partition coefficient (Wildman–Crippen LogP) is 2.78. The van der Waals surface area contributed by atoms with Crippen molar-refractivity contribution >= 4 is 23.5 Å². The van der Waals surface area contributed by atoms with E-state index in [9.17, 15) is 9.59 Å². The number of aliphatic carboxylic acids is 1. The number of hydrogen-bond donors (Lipinski definition) is 2. The molecule has 0 atom stereocenters. The highest BCUT2D eigenvalue weighted by atomic mass is 35.5. The summed E-state index contributed by atoms with van der Waals surface area (Å²) in [6.45, 7) is 0.104. The largest absolute Gasteiger partial charge is 0.482 e. The summed E-state index contributed by atoms with van der Waals surface area (Å²) >= 11 is 5.97. The molecule has 0 aliphatic carbocycles. The van der Waals surface area contributed by atoms with Crippen molar-refractivity contribution in [2.24, 2.45) is 0 Å². The standard InChI is InChI=1S/C17H16ClNO4/c18-15-4-2-1-3-14(15)17(22)19-10-9-12-5-7-13(8-6-12)23-11-16(20)21/h1-8H,9-11H2,(H,19,22)(H,20,21). The molecule has 23 heavy (non-hydrogen) atoms. The number of carbonyl (C=O) groups is 2. The van der Waals surface area contributed by atoms with Gasteiger partial charge in [-0.2, -0.15) is 0 Å². The molecule has 6 heteroatoms. The van der Waals surface area contributed by atoms with Crippen molar-refractivity contribution in [3.8, 4) is 5.75 Å². The number of carbonyl (C=O) groups excluding carboxylic acids is 1. The Morgan fingerprint density at radius 2 is 1.78 bits per heavy atom. The molecule has 0 aliphatic heterocycles. The summed E-state index contributed by atoms with van der Waals surface area (Å²) in [4.78, 5) is 22.4. The molecule has 2 rings (SSSR count). The molecule has 120 valence electrons. The number of amides is 1. The minimum Gasteiger partial charge on any atom is -0.482 e. The number of carboxylic acids is 1. The zero-order chi connectivity index (χ0) is 16.7. The Balaban J connectivity index is 1.81. The summed E-state index contributed by atoms with van der Waals surface area (Å²) in [7, 11) is 0. The molecular formula is C17H16ClNO4. The lowest BCUT2D eigenvalue weighted by molar-refractivity contribution is -0.139. The number of carboxylic acid groups (broad SMARTS) is 1. The number of halogens is 1. The van der Waals surface area contributed by atoms with Crippen LogP contribution in [0.1, 0.15) is 15.9 Å². The maximum atomic E-state index is 12.0. The van der Waals surface area contributed by atoms with Crippen molar-refractivity contribution in [2.45, 2.75) is 6.42 Å². The van der Waals surface area contributed by atoms with Gasteiger partial charge in [-0.25, -0.2) is 4.79 Å². The molecule has 2 aromatic carbocycles. The van der Waals surface area contributed by atoms with Gasteiger partial charge >= 0.3 is 5.97 Å². The second kappa shape index (κ2) is 8.19. The maximum absolute atomic E-state index is 12.0. The number of nitrogens with one attached hydrogen (secondary N) is 1. The van der Waals surface area contributed by atoms with E-state index in [1.165, 1.54) is 0 Å². The third-order valence-electron chi connectivity index (χ3n) is 3.10. The van der Waals surface area contributed by atoms with Crippen LogP contribution in [-0.4, -0.2) is 30.1 Å². The van der Waals surface area contributed by atoms with Crippen LogP contribution in [0.25, 0.3) is 0 Å². The highest BCUT2D eigenvalue weighted by Gasteiger charge is 2.08. The molecule has 2 N–H and O–H groups in total. The summed E-state index contributed by atoms with van der Waals surface area (Å²) < 4.78 is 5.05. The van der Waals surface area contributed by atoms with Crippen molar-refractivity contribution in [2.75, 3.05) is 13.2 Å². The fourth-order valence-corrected chi connectivity index (χ4v) is 2.18. The Bertz CT molecular complexity index is 685. The van der Waals surface area contributed by atoms with Crippen molar-refractivity contribution in [1.82, 2.24) is 5.32 Å². The van der Waals surface area contributed by atoms with Gasteiger partial charge in [0.15, 0.2) is 6.61 Å². The number of ether oxygens (including phenoxy) is 1. The fourth-order valence-electron chi connectivity index (χ4n) is 1.96. The number of hydrogen-bond acceptors (Lipinski definition) is 3. The lowest BCUT2D eigenvalue weighted by atomic mass is 10.1. The molecule has 0 radical (unpaired) electrons. The fraction of sp³-hybridized carbons (Fsp3) is 0.176. The van der Waals surface area contributed by atoms with E-state index in [4.69, 9.17) is 21.4 Å². The lowest BCUT2D eigenvalue weighted by Gasteiger charge is -2.08. The average Bonchev–Trinajstić information content (AvgIpc) is 2.54. The van der Waals surface area contributed by atoms with Crippen molar-refractivity contribution in [3.05, 3.63) is 64.7 Å². The van der Waals surface area contributed by atoms with Gasteiger partial charge in [0.25, 0.3) is 5.91 Å². The summed E-state index contributed by atoms with van der Waals surface area (Å²) in [5.41, 5.74) is 1.46. The van der Waals surface area contributed by atoms with Gasteiger partial charge in [-0.15, -0.1) is 0 Å². The van der Waals surface area contributed by atoms with Gasteiger partial charge in [-0.05, 0) is 36.2 Å². The number of benzene rings is 2. The predicted molar refractivity (Wildman–Crippen MR) is 87.1 cm³/mol. The lowest BCUT2D eigenvalue weighted by Crippen LogP contribution is -2.25. The minimum absolute atomic E-state index is 0.211. The first-order valence-corrected chi connectivity index (χ1v) is 7.40. The Kier molecular flexibility index (Phi) is 6.00. The molecule has 0 spiro atoms. The van der Waals surface area contributed by atoms with E-state index in [1.54, 1.807) is 36.4 Å². The molecule has 0 fully saturated rings. The van der Waals surface area contributed by atoms with Gasteiger partial charge in [0.1, 0.15) is 5.75 Å². The minimum atomic E-state index is -1.02. The van der Waals surface area contributed by atoms with Gasteiger partial charge in [0.2, 0.25) is 0 Å². The first kappa shape index (κ1) is 16.8. The van der Waals surface area contributed by atoms with E-state index >= 15 is 0 Å². The molecule has 0 heterocycles. The highest BCUT2D eigenvalue weighted by Crippen LogP contribution is 2.15. The van der Waals surface area contributed by atoms with E-state index in [0.29, 0.717) is 29.3 Å². The molecule has 0 unspecified atom stereocenters. The monoisotopic (exact) mass is 333 g/mol. The summed E-state index contributed by atoms with van der Waals surface area (Å²) in [5.74, 6) is -0.732. The van der Waals surface area contributed by atoms with Crippen LogP contribution in [0.3, 0.4) is 0 Å². The quantitative estimate of drug-likeness (QED) is 0.817. The van der Waals surface area contributed by atoms with Crippen LogP contribution < -0.4 is 10.1 Å². The Morgan fingerprint density at radius 3 is 2.43 bits per heavy atom. The van der Waals surface area contributed by atoms with Crippen molar-refractivity contribution < 1.29 is 19.4 Å². The van der Waals surface area contributed by atoms with Crippen LogP contribution >= 0.6 is 11.6 Å². The van der Waals surface area contributed by atoms with Crippen LogP contribution in [0.5, 0.6) is 5.75 Å². The van der Waals surface area contributed by atoms with Crippen LogP contribution in [0.4, 0.5) is 0 Å². The number of rotatable bonds is 7. The first-order valence-electron chi connectivity index (χ1n) is 7.02. The highest BCUT2D eigenvalue weighted by molar-refractivity contribution is 6.33. The van der Waals surface area contributed by atoms with E-state index in [-0.39, 0.29) is 12.5 Å². The first-order chi connectivity index (χ1) is 11.1. The van der Waals surface area contributed by atoms with Gasteiger partial charge < -0.3 is 15.2 Å². The van der Waals surface area contributed by atoms with Gasteiger partial charge in [-0.1, -0.05) is 35.9 Å². The Morgan fingerprint density at radius 1 is 1.09 bits per heavy atom. The molecule has 0 saturated heterocycles. The molecule has 0 aliphatic rings. The molecule has 2 aromatic rings. The van der Waals surface area contributed by atoms with Crippen molar-refractivity contribution in [1.29, 1.82) is 0 Å².